The summed E-state index contributed by atoms with van der Waals surface area (Å²) in [6.45, 7) is 4.11. The second kappa shape index (κ2) is 47.7. The summed E-state index contributed by atoms with van der Waals surface area (Å²) >= 11 is 0. The van der Waals surface area contributed by atoms with Gasteiger partial charge in [-0.3, -0.25) is 4.79 Å². The van der Waals surface area contributed by atoms with Crippen LogP contribution in [0.3, 0.4) is 0 Å². The Morgan fingerprint density at radius 3 is 1.29 bits per heavy atom. The van der Waals surface area contributed by atoms with Crippen molar-refractivity contribution in [3.63, 3.8) is 0 Å². The van der Waals surface area contributed by atoms with E-state index < -0.39 is 18.2 Å². The van der Waals surface area contributed by atoms with E-state index in [9.17, 15) is 20.1 Å². The van der Waals surface area contributed by atoms with Crippen molar-refractivity contribution in [2.75, 3.05) is 6.61 Å². The first-order valence-corrected chi connectivity index (χ1v) is 25.1. The van der Waals surface area contributed by atoms with Gasteiger partial charge in [0.1, 0.15) is 0 Å². The smallest absolute Gasteiger partial charge is 0.222 e. The molecule has 0 aliphatic carbocycles. The number of aliphatic hydroxyl groups excluding tert-OH is 3. The van der Waals surface area contributed by atoms with Crippen LogP contribution >= 0.6 is 0 Å². The van der Waals surface area contributed by atoms with Gasteiger partial charge in [-0.15, -0.1) is 0 Å². The van der Waals surface area contributed by atoms with Gasteiger partial charge in [0.15, 0.2) is 0 Å². The van der Waals surface area contributed by atoms with Crippen LogP contribution in [0.1, 0.15) is 245 Å². The molecule has 0 rings (SSSR count). The zero-order valence-electron chi connectivity index (χ0n) is 38.4. The lowest BCUT2D eigenvalue weighted by Gasteiger charge is -2.21. The fourth-order valence-corrected chi connectivity index (χ4v) is 7.47. The molecule has 0 bridgehead atoms. The molecule has 0 saturated heterocycles. The molecule has 5 nitrogen and oxygen atoms in total. The number of aliphatic hydroxyl groups is 3. The van der Waals surface area contributed by atoms with Crippen LogP contribution in [-0.2, 0) is 4.79 Å². The Morgan fingerprint density at radius 1 is 0.466 bits per heavy atom. The molecule has 0 aromatic carbocycles. The van der Waals surface area contributed by atoms with Gasteiger partial charge in [-0.1, -0.05) is 229 Å². The molecular formula is C53H97NO4. The van der Waals surface area contributed by atoms with Crippen LogP contribution in [0, 0.1) is 0 Å². The third-order valence-electron chi connectivity index (χ3n) is 11.3. The van der Waals surface area contributed by atoms with Crippen LogP contribution in [0.15, 0.2) is 60.8 Å². The van der Waals surface area contributed by atoms with Gasteiger partial charge < -0.3 is 20.6 Å². The van der Waals surface area contributed by atoms with Crippen molar-refractivity contribution in [2.24, 2.45) is 0 Å². The maximum absolute atomic E-state index is 12.5. The van der Waals surface area contributed by atoms with Gasteiger partial charge in [0.05, 0.1) is 31.3 Å². The van der Waals surface area contributed by atoms with E-state index in [4.69, 9.17) is 0 Å². The van der Waals surface area contributed by atoms with Crippen molar-refractivity contribution >= 4 is 5.91 Å². The molecule has 58 heavy (non-hydrogen) atoms. The van der Waals surface area contributed by atoms with Gasteiger partial charge >= 0.3 is 0 Å². The number of rotatable bonds is 45. The average Bonchev–Trinajstić information content (AvgIpc) is 3.22. The molecule has 0 aromatic heterocycles. The van der Waals surface area contributed by atoms with Gasteiger partial charge in [-0.05, 0) is 70.6 Å². The second-order valence-corrected chi connectivity index (χ2v) is 17.0. The molecule has 338 valence electrons. The molecule has 0 spiro atoms. The quantitative estimate of drug-likeness (QED) is 0.0364. The number of allylic oxidation sites excluding steroid dienone is 9. The maximum Gasteiger partial charge on any atom is 0.222 e. The van der Waals surface area contributed by atoms with Crippen LogP contribution in [0.25, 0.3) is 0 Å². The first-order valence-electron chi connectivity index (χ1n) is 25.1. The molecule has 0 fully saturated rings. The number of carbonyl (C=O) groups excluding carboxylic acids is 1. The Bertz CT molecular complexity index is 985. The molecule has 0 radical (unpaired) electrons. The van der Waals surface area contributed by atoms with Crippen molar-refractivity contribution in [2.45, 2.75) is 263 Å². The van der Waals surface area contributed by atoms with Crippen LogP contribution in [0.5, 0.6) is 0 Å². The summed E-state index contributed by atoms with van der Waals surface area (Å²) in [5.74, 6) is -0.331. The first kappa shape index (κ1) is 56.0. The summed E-state index contributed by atoms with van der Waals surface area (Å²) in [6, 6.07) is -0.770. The topological polar surface area (TPSA) is 89.8 Å². The highest BCUT2D eigenvalue weighted by atomic mass is 16.3. The van der Waals surface area contributed by atoms with Crippen LogP contribution < -0.4 is 5.32 Å². The lowest BCUT2D eigenvalue weighted by atomic mass is 10.0. The summed E-state index contributed by atoms with van der Waals surface area (Å²) in [5, 5.41) is 33.3. The number of hydrogen-bond acceptors (Lipinski definition) is 4. The minimum atomic E-state index is -0.963. The average molecular weight is 812 g/mol. The summed E-state index contributed by atoms with van der Waals surface area (Å²) in [4.78, 5) is 12.5. The molecule has 0 saturated carbocycles. The molecule has 1 amide bonds. The molecule has 0 aliphatic heterocycles. The standard InChI is InChI=1S/C53H97NO4/c1-3-5-7-9-11-13-15-17-19-21-23-24-25-26-27-29-31-33-35-37-39-41-43-45-47-52(57)51(49-55)54-53(58)48-50(56)46-44-42-40-38-36-34-32-30-28-22-20-18-16-14-12-10-8-6-4-2/h6,8,12,14,29,31,37,39,45,47,50-52,55-57H,3-5,7,9-11,13,15-28,30,32-36,38,40-44,46,48-49H2,1-2H3,(H,54,58)/b8-6-,14-12-,31-29+,39-37+,47-45+. The lowest BCUT2D eigenvalue weighted by Crippen LogP contribution is -2.45. The van der Waals surface area contributed by atoms with Crippen LogP contribution in [0.4, 0.5) is 0 Å². The molecule has 3 unspecified atom stereocenters. The summed E-state index contributed by atoms with van der Waals surface area (Å²) in [5.41, 5.74) is 0. The van der Waals surface area contributed by atoms with E-state index in [1.54, 1.807) is 6.08 Å². The number of carbonyl (C=O) groups is 1. The molecule has 0 aromatic rings. The Kier molecular flexibility index (Phi) is 46.1. The van der Waals surface area contributed by atoms with Crippen LogP contribution in [-0.4, -0.2) is 46.1 Å². The van der Waals surface area contributed by atoms with Crippen molar-refractivity contribution in [1.82, 2.24) is 5.32 Å². The Morgan fingerprint density at radius 2 is 0.845 bits per heavy atom. The van der Waals surface area contributed by atoms with E-state index in [2.05, 4.69) is 67.8 Å². The van der Waals surface area contributed by atoms with Crippen molar-refractivity contribution in [3.05, 3.63) is 60.8 Å². The monoisotopic (exact) mass is 812 g/mol. The Balaban J connectivity index is 3.69. The van der Waals surface area contributed by atoms with Gasteiger partial charge in [-0.25, -0.2) is 0 Å². The van der Waals surface area contributed by atoms with Crippen molar-refractivity contribution in [1.29, 1.82) is 0 Å². The highest BCUT2D eigenvalue weighted by Gasteiger charge is 2.20. The Labute approximate surface area is 360 Å². The predicted molar refractivity (Wildman–Crippen MR) is 254 cm³/mol. The highest BCUT2D eigenvalue weighted by Crippen LogP contribution is 2.16. The molecule has 4 N–H and O–H groups in total. The molecule has 3 atom stereocenters. The summed E-state index contributed by atoms with van der Waals surface area (Å²) in [6.07, 6.45) is 63.9. The lowest BCUT2D eigenvalue weighted by molar-refractivity contribution is -0.124. The van der Waals surface area contributed by atoms with Gasteiger partial charge in [-0.2, -0.15) is 0 Å². The molecular weight excluding hydrogens is 715 g/mol. The van der Waals surface area contributed by atoms with E-state index in [0.717, 1.165) is 51.4 Å². The predicted octanol–water partition coefficient (Wildman–Crippen LogP) is 15.0. The summed E-state index contributed by atoms with van der Waals surface area (Å²) in [7, 11) is 0. The fraction of sp³-hybridized carbons (Fsp3) is 0.792. The van der Waals surface area contributed by atoms with E-state index in [1.807, 2.05) is 6.08 Å². The normalized spacial score (nSPS) is 13.9. The molecule has 0 aliphatic rings. The SMILES string of the molecule is CC/C=C\C/C=C\CCCCCCCCCCCCCCC(O)CC(=O)NC(CO)C(O)/C=C/CC/C=C/CC/C=C/CCCCCCCCCCCCCCCC. The number of unbranched alkanes of at least 4 members (excludes halogenated alkanes) is 28. The second-order valence-electron chi connectivity index (χ2n) is 17.0. The highest BCUT2D eigenvalue weighted by molar-refractivity contribution is 5.76. The van der Waals surface area contributed by atoms with E-state index in [0.29, 0.717) is 6.42 Å². The number of nitrogens with one attached hydrogen (secondary N) is 1. The zero-order chi connectivity index (χ0) is 42.3. The van der Waals surface area contributed by atoms with E-state index >= 15 is 0 Å². The van der Waals surface area contributed by atoms with E-state index in [-0.39, 0.29) is 18.9 Å². The van der Waals surface area contributed by atoms with Gasteiger partial charge in [0.2, 0.25) is 5.91 Å². The largest absolute Gasteiger partial charge is 0.394 e. The van der Waals surface area contributed by atoms with Crippen molar-refractivity contribution < 1.29 is 20.1 Å². The Hall–Kier alpha value is -1.95. The van der Waals surface area contributed by atoms with Gasteiger partial charge in [0, 0.05) is 0 Å². The van der Waals surface area contributed by atoms with Crippen molar-refractivity contribution in [3.8, 4) is 0 Å². The molecule has 5 heteroatoms. The zero-order valence-corrected chi connectivity index (χ0v) is 38.4. The fourth-order valence-electron chi connectivity index (χ4n) is 7.47. The summed E-state index contributed by atoms with van der Waals surface area (Å²) < 4.78 is 0. The number of hydrogen-bond donors (Lipinski definition) is 4. The van der Waals surface area contributed by atoms with Crippen LogP contribution in [0.2, 0.25) is 0 Å². The molecule has 0 heterocycles. The number of amides is 1. The van der Waals surface area contributed by atoms with Gasteiger partial charge in [0.25, 0.3) is 0 Å². The third kappa shape index (κ3) is 43.6. The third-order valence-corrected chi connectivity index (χ3v) is 11.3. The van der Waals surface area contributed by atoms with E-state index in [1.165, 1.54) is 167 Å². The first-order chi connectivity index (χ1) is 28.5. The minimum Gasteiger partial charge on any atom is -0.394 e. The minimum absolute atomic E-state index is 0.000260. The maximum atomic E-state index is 12.5.